The minimum absolute atomic E-state index is 0.0551. The Morgan fingerprint density at radius 3 is 2.70 bits per heavy atom. The van der Waals surface area contributed by atoms with Crippen LogP contribution in [-0.2, 0) is 28.6 Å². The number of esters is 2. The zero-order valence-electron chi connectivity index (χ0n) is 19.2. The minimum atomic E-state index is -1.13. The van der Waals surface area contributed by atoms with Gasteiger partial charge in [0.25, 0.3) is 5.91 Å². The van der Waals surface area contributed by atoms with Gasteiger partial charge in [0.2, 0.25) is 6.41 Å². The van der Waals surface area contributed by atoms with Crippen LogP contribution in [0.2, 0.25) is 0 Å². The first kappa shape index (κ1) is 26.1. The van der Waals surface area contributed by atoms with E-state index in [0.29, 0.717) is 6.41 Å². The van der Waals surface area contributed by atoms with Crippen molar-refractivity contribution in [2.75, 3.05) is 25.1 Å². The van der Waals surface area contributed by atoms with Crippen LogP contribution < -0.4 is 10.6 Å². The van der Waals surface area contributed by atoms with Crippen LogP contribution >= 0.6 is 0 Å². The highest BCUT2D eigenvalue weighted by Gasteiger charge is 2.33. The summed E-state index contributed by atoms with van der Waals surface area (Å²) in [5, 5.41) is 15.0. The summed E-state index contributed by atoms with van der Waals surface area (Å²) in [6.45, 7) is 5.43. The number of amides is 2. The van der Waals surface area contributed by atoms with Crippen LogP contribution in [0.4, 0.5) is 5.69 Å². The second-order valence-electron chi connectivity index (χ2n) is 8.19. The quantitative estimate of drug-likeness (QED) is 0.286. The number of nitrogens with one attached hydrogen (secondary N) is 2. The molecule has 0 radical (unpaired) electrons. The van der Waals surface area contributed by atoms with Crippen molar-refractivity contribution >= 4 is 29.9 Å². The molecule has 3 unspecified atom stereocenters. The highest BCUT2D eigenvalue weighted by Crippen LogP contribution is 2.27. The van der Waals surface area contributed by atoms with Gasteiger partial charge in [-0.3, -0.25) is 14.4 Å². The van der Waals surface area contributed by atoms with Gasteiger partial charge < -0.3 is 30.0 Å². The molecule has 10 heteroatoms. The summed E-state index contributed by atoms with van der Waals surface area (Å²) in [6.07, 6.45) is 2.28. The monoisotopic (exact) mass is 464 g/mol. The molecule has 0 aliphatic carbocycles. The van der Waals surface area contributed by atoms with E-state index in [1.807, 2.05) is 6.92 Å². The molecule has 2 amide bonds. The Hall–Kier alpha value is -3.14. The van der Waals surface area contributed by atoms with Crippen molar-refractivity contribution in [2.24, 2.45) is 11.8 Å². The van der Waals surface area contributed by atoms with Gasteiger partial charge in [-0.2, -0.15) is 0 Å². The van der Waals surface area contributed by atoms with Gasteiger partial charge in [0, 0.05) is 5.92 Å². The maximum atomic E-state index is 12.7. The molecular weight excluding hydrogens is 432 g/mol. The number of carbonyl (C=O) groups is 4. The fourth-order valence-corrected chi connectivity index (χ4v) is 3.31. The Balaban J connectivity index is 2.13. The fraction of sp³-hybridized carbons (Fsp3) is 0.565. The Kier molecular flexibility index (Phi) is 10.1. The Morgan fingerprint density at radius 1 is 1.27 bits per heavy atom. The smallest absolute Gasteiger partial charge is 0.331 e. The third-order valence-corrected chi connectivity index (χ3v) is 5.28. The number of benzene rings is 1. The molecule has 10 nitrogen and oxygen atoms in total. The zero-order valence-corrected chi connectivity index (χ0v) is 19.2. The summed E-state index contributed by atoms with van der Waals surface area (Å²) in [5.41, 5.74) is -0.0707. The molecule has 2 rings (SSSR count). The lowest BCUT2D eigenvalue weighted by Crippen LogP contribution is -2.45. The average Bonchev–Trinajstić information content (AvgIpc) is 2.84. The van der Waals surface area contributed by atoms with Crippen molar-refractivity contribution in [1.82, 2.24) is 5.32 Å². The van der Waals surface area contributed by atoms with Crippen molar-refractivity contribution < 1.29 is 38.5 Å². The molecule has 0 bridgehead atoms. The van der Waals surface area contributed by atoms with E-state index >= 15 is 0 Å². The highest BCUT2D eigenvalue weighted by molar-refractivity contribution is 6.01. The summed E-state index contributed by atoms with van der Waals surface area (Å²) in [4.78, 5) is 48.2. The second-order valence-corrected chi connectivity index (χ2v) is 8.19. The number of hydrogen-bond acceptors (Lipinski definition) is 8. The van der Waals surface area contributed by atoms with Gasteiger partial charge in [-0.15, -0.1) is 0 Å². The summed E-state index contributed by atoms with van der Waals surface area (Å²) >= 11 is 0. The van der Waals surface area contributed by atoms with E-state index in [2.05, 4.69) is 10.6 Å². The van der Waals surface area contributed by atoms with Gasteiger partial charge in [0.15, 0.2) is 11.8 Å². The number of aromatic hydroxyl groups is 1. The standard InChI is InChI=1S/C23H32N2O8/c1-4-5-7-15-10-31-11-18(23(30)32-12-19(15)33-22(29)14(2)3)25-21(28)16-8-6-9-17(20(16)27)24-13-26/h6,8-9,13-15,18-19,27H,4-5,7,10-12H2,1-3H3,(H,24,26)(H,25,28). The first-order valence-electron chi connectivity index (χ1n) is 11.1. The Morgan fingerprint density at radius 2 is 2.03 bits per heavy atom. The maximum absolute atomic E-state index is 12.7. The lowest BCUT2D eigenvalue weighted by atomic mass is 9.97. The van der Waals surface area contributed by atoms with E-state index in [9.17, 15) is 24.3 Å². The van der Waals surface area contributed by atoms with Crippen LogP contribution in [0.5, 0.6) is 5.75 Å². The molecule has 0 aromatic heterocycles. The molecule has 1 aliphatic rings. The van der Waals surface area contributed by atoms with Crippen molar-refractivity contribution in [1.29, 1.82) is 0 Å². The first-order valence-corrected chi connectivity index (χ1v) is 11.1. The summed E-state index contributed by atoms with van der Waals surface area (Å²) in [7, 11) is 0. The van der Waals surface area contributed by atoms with Crippen molar-refractivity contribution in [2.45, 2.75) is 52.2 Å². The van der Waals surface area contributed by atoms with E-state index in [-0.39, 0.29) is 48.9 Å². The molecule has 182 valence electrons. The molecule has 3 N–H and O–H groups in total. The van der Waals surface area contributed by atoms with Gasteiger partial charge in [-0.05, 0) is 18.6 Å². The minimum Gasteiger partial charge on any atom is -0.505 e. The number of anilines is 1. The van der Waals surface area contributed by atoms with Crippen LogP contribution in [0.3, 0.4) is 0 Å². The Bertz CT molecular complexity index is 842. The molecule has 0 spiro atoms. The molecule has 1 aromatic carbocycles. The summed E-state index contributed by atoms with van der Waals surface area (Å²) in [5.74, 6) is -2.79. The third-order valence-electron chi connectivity index (χ3n) is 5.28. The van der Waals surface area contributed by atoms with Crippen LogP contribution in [0.1, 0.15) is 50.4 Å². The van der Waals surface area contributed by atoms with E-state index < -0.39 is 29.8 Å². The summed E-state index contributed by atoms with van der Waals surface area (Å²) in [6, 6.07) is 3.12. The van der Waals surface area contributed by atoms with Crippen LogP contribution in [0.15, 0.2) is 18.2 Å². The molecule has 3 atom stereocenters. The molecule has 1 saturated heterocycles. The molecule has 33 heavy (non-hydrogen) atoms. The summed E-state index contributed by atoms with van der Waals surface area (Å²) < 4.78 is 16.7. The van der Waals surface area contributed by atoms with Gasteiger partial charge in [-0.25, -0.2) is 4.79 Å². The van der Waals surface area contributed by atoms with E-state index in [0.717, 1.165) is 19.3 Å². The van der Waals surface area contributed by atoms with E-state index in [1.54, 1.807) is 13.8 Å². The number of unbranched alkanes of at least 4 members (excludes halogenated alkanes) is 1. The molecule has 1 fully saturated rings. The fourth-order valence-electron chi connectivity index (χ4n) is 3.31. The predicted octanol–water partition coefficient (Wildman–Crippen LogP) is 2.01. The SMILES string of the molecule is CCCCC1COCC(NC(=O)c2cccc(NC=O)c2O)C(=O)OCC1OC(=O)C(C)C. The van der Waals surface area contributed by atoms with Crippen LogP contribution in [0.25, 0.3) is 0 Å². The zero-order chi connectivity index (χ0) is 24.4. The number of cyclic esters (lactones) is 1. The van der Waals surface area contributed by atoms with Gasteiger partial charge >= 0.3 is 11.9 Å². The molecular formula is C23H32N2O8. The van der Waals surface area contributed by atoms with Crippen LogP contribution in [-0.4, -0.2) is 61.3 Å². The van der Waals surface area contributed by atoms with E-state index in [1.165, 1.54) is 18.2 Å². The maximum Gasteiger partial charge on any atom is 0.331 e. The van der Waals surface area contributed by atoms with Crippen molar-refractivity contribution in [3.05, 3.63) is 23.8 Å². The normalized spacial score (nSPS) is 21.2. The average molecular weight is 465 g/mol. The molecule has 1 aromatic rings. The van der Waals surface area contributed by atoms with Gasteiger partial charge in [0.1, 0.15) is 12.7 Å². The molecule has 1 aliphatic heterocycles. The highest BCUT2D eigenvalue weighted by atomic mass is 16.6. The number of carbonyl (C=O) groups excluding carboxylic acids is 4. The topological polar surface area (TPSA) is 140 Å². The first-order chi connectivity index (χ1) is 15.8. The number of ether oxygens (including phenoxy) is 3. The molecule has 0 saturated carbocycles. The number of phenols is 1. The largest absolute Gasteiger partial charge is 0.505 e. The number of hydrogen-bond donors (Lipinski definition) is 3. The van der Waals surface area contributed by atoms with Crippen molar-refractivity contribution in [3.63, 3.8) is 0 Å². The van der Waals surface area contributed by atoms with Gasteiger partial charge in [-0.1, -0.05) is 39.7 Å². The van der Waals surface area contributed by atoms with Crippen molar-refractivity contribution in [3.8, 4) is 5.75 Å². The lowest BCUT2D eigenvalue weighted by molar-refractivity contribution is -0.165. The lowest BCUT2D eigenvalue weighted by Gasteiger charge is -2.26. The number of rotatable bonds is 9. The predicted molar refractivity (Wildman–Crippen MR) is 119 cm³/mol. The molecule has 1 heterocycles. The van der Waals surface area contributed by atoms with Gasteiger partial charge in [0.05, 0.1) is 30.4 Å². The number of para-hydroxylation sites is 1. The third kappa shape index (κ3) is 7.45. The Labute approximate surface area is 193 Å². The van der Waals surface area contributed by atoms with E-state index in [4.69, 9.17) is 14.2 Å². The second kappa shape index (κ2) is 12.8. The number of phenolic OH excluding ortho intramolecular Hbond substituents is 1. The van der Waals surface area contributed by atoms with Crippen LogP contribution in [0, 0.1) is 11.8 Å².